The molecule has 4 rings (SSSR count). The number of rotatable bonds is 7. The lowest BCUT2D eigenvalue weighted by molar-refractivity contribution is -0.164. The number of hydrogen-bond acceptors (Lipinski definition) is 9. The molecule has 2 amide bonds. The lowest BCUT2D eigenvalue weighted by Crippen LogP contribution is -2.37. The molecule has 2 aromatic carbocycles. The van der Waals surface area contributed by atoms with E-state index in [0.29, 0.717) is 17.1 Å². The molecule has 2 aromatic rings. The fraction of sp³-hybridized carbons (Fsp3) is 0.318. The summed E-state index contributed by atoms with van der Waals surface area (Å²) in [4.78, 5) is 12.2. The highest BCUT2D eigenvalue weighted by Crippen LogP contribution is 2.34. The summed E-state index contributed by atoms with van der Waals surface area (Å²) >= 11 is 0. The normalized spacial score (nSPS) is 23.8. The van der Waals surface area contributed by atoms with Crippen LogP contribution in [-0.2, 0) is 15.7 Å². The van der Waals surface area contributed by atoms with Crippen LogP contribution in [0.25, 0.3) is 0 Å². The third-order valence-corrected chi connectivity index (χ3v) is 5.41. The SMILES string of the molecule is O=C(Nc1ccc(N2C=C(COC3OC(CO)C(O)C3O)NN2)cc1)Nc1ccccc1C(F)(F)F. The van der Waals surface area contributed by atoms with Gasteiger partial charge in [0.25, 0.3) is 0 Å². The first-order valence-corrected chi connectivity index (χ1v) is 10.8. The third kappa shape index (κ3) is 5.87. The van der Waals surface area contributed by atoms with E-state index in [1.54, 1.807) is 35.5 Å². The monoisotopic (exact) mass is 511 g/mol. The van der Waals surface area contributed by atoms with Gasteiger partial charge < -0.3 is 40.9 Å². The summed E-state index contributed by atoms with van der Waals surface area (Å²) in [6.07, 6.45) is -7.54. The molecule has 0 spiro atoms. The largest absolute Gasteiger partial charge is 0.418 e. The summed E-state index contributed by atoms with van der Waals surface area (Å²) in [6.45, 7) is -0.461. The fourth-order valence-corrected chi connectivity index (χ4v) is 3.57. The number of nitrogens with one attached hydrogen (secondary N) is 4. The number of carbonyl (C=O) groups excluding carboxylic acids is 1. The highest BCUT2D eigenvalue weighted by atomic mass is 19.4. The number of carbonyl (C=O) groups is 1. The minimum atomic E-state index is -4.60. The van der Waals surface area contributed by atoms with Crippen LogP contribution in [0.5, 0.6) is 0 Å². The maximum atomic E-state index is 13.1. The Balaban J connectivity index is 1.30. The Morgan fingerprint density at radius 3 is 2.47 bits per heavy atom. The summed E-state index contributed by atoms with van der Waals surface area (Å²) in [6, 6.07) is 10.3. The Labute approximate surface area is 203 Å². The second-order valence-electron chi connectivity index (χ2n) is 7.95. The average molecular weight is 511 g/mol. The van der Waals surface area contributed by atoms with Crippen molar-refractivity contribution in [1.82, 2.24) is 11.0 Å². The average Bonchev–Trinajstić information content (AvgIpc) is 3.42. The number of urea groups is 1. The zero-order valence-corrected chi connectivity index (χ0v) is 18.6. The predicted octanol–water partition coefficient (Wildman–Crippen LogP) is 1.48. The molecular weight excluding hydrogens is 487 g/mol. The van der Waals surface area contributed by atoms with Gasteiger partial charge in [-0.05, 0) is 36.4 Å². The first kappa shape index (κ1) is 25.7. The van der Waals surface area contributed by atoms with Crippen LogP contribution in [0.15, 0.2) is 60.4 Å². The van der Waals surface area contributed by atoms with Crippen LogP contribution in [0.3, 0.4) is 0 Å². The maximum absolute atomic E-state index is 13.1. The Kier molecular flexibility index (Phi) is 7.63. The van der Waals surface area contributed by atoms with Crippen molar-refractivity contribution in [2.45, 2.75) is 30.8 Å². The van der Waals surface area contributed by atoms with Crippen LogP contribution < -0.4 is 26.6 Å². The van der Waals surface area contributed by atoms with E-state index >= 15 is 0 Å². The third-order valence-electron chi connectivity index (χ3n) is 5.41. The van der Waals surface area contributed by atoms with Crippen LogP contribution in [0.2, 0.25) is 0 Å². The Morgan fingerprint density at radius 2 is 1.81 bits per heavy atom. The molecule has 2 aliphatic heterocycles. The number of amides is 2. The van der Waals surface area contributed by atoms with Crippen molar-refractivity contribution in [2.24, 2.45) is 0 Å². The Hall–Kier alpha value is -3.40. The van der Waals surface area contributed by atoms with Crippen molar-refractivity contribution in [3.05, 3.63) is 66.0 Å². The highest BCUT2D eigenvalue weighted by Gasteiger charge is 2.43. The van der Waals surface area contributed by atoms with E-state index in [4.69, 9.17) is 14.6 Å². The molecule has 2 heterocycles. The number of aliphatic hydroxyl groups excluding tert-OH is 3. The number of halogens is 3. The minimum Gasteiger partial charge on any atom is -0.394 e. The molecular formula is C22H24F3N5O6. The van der Waals surface area contributed by atoms with Crippen molar-refractivity contribution < 1.29 is 42.8 Å². The molecule has 0 radical (unpaired) electrons. The number of para-hydroxylation sites is 1. The van der Waals surface area contributed by atoms with Crippen LogP contribution in [0, 0.1) is 0 Å². The van der Waals surface area contributed by atoms with Crippen LogP contribution >= 0.6 is 0 Å². The van der Waals surface area contributed by atoms with Gasteiger partial charge in [-0.25, -0.2) is 4.79 Å². The number of aliphatic hydroxyl groups is 3. The molecule has 7 N–H and O–H groups in total. The highest BCUT2D eigenvalue weighted by molar-refractivity contribution is 6.00. The zero-order valence-electron chi connectivity index (χ0n) is 18.6. The molecule has 1 saturated heterocycles. The van der Waals surface area contributed by atoms with Gasteiger partial charge >= 0.3 is 12.2 Å². The summed E-state index contributed by atoms with van der Waals surface area (Å²) in [5, 5.41) is 35.1. The number of benzene rings is 2. The molecule has 14 heteroatoms. The molecule has 0 bridgehead atoms. The van der Waals surface area contributed by atoms with Gasteiger partial charge in [-0.15, -0.1) is 5.53 Å². The lowest BCUT2D eigenvalue weighted by Gasteiger charge is -2.16. The number of anilines is 3. The number of alkyl halides is 3. The van der Waals surface area contributed by atoms with Gasteiger partial charge in [-0.1, -0.05) is 12.1 Å². The van der Waals surface area contributed by atoms with E-state index < -0.39 is 49.0 Å². The van der Waals surface area contributed by atoms with E-state index in [0.717, 1.165) is 12.1 Å². The van der Waals surface area contributed by atoms with Crippen LogP contribution in [-0.4, -0.2) is 59.2 Å². The van der Waals surface area contributed by atoms with Crippen molar-refractivity contribution in [1.29, 1.82) is 0 Å². The molecule has 4 unspecified atom stereocenters. The van der Waals surface area contributed by atoms with Crippen molar-refractivity contribution in [3.8, 4) is 0 Å². The van der Waals surface area contributed by atoms with Crippen molar-refractivity contribution in [2.75, 3.05) is 28.9 Å². The van der Waals surface area contributed by atoms with E-state index in [2.05, 4.69) is 21.6 Å². The predicted molar refractivity (Wildman–Crippen MR) is 121 cm³/mol. The van der Waals surface area contributed by atoms with E-state index in [1.807, 2.05) is 0 Å². The van der Waals surface area contributed by atoms with Gasteiger partial charge in [-0.2, -0.15) is 13.2 Å². The van der Waals surface area contributed by atoms with Gasteiger partial charge in [0.05, 0.1) is 35.8 Å². The molecule has 4 atom stereocenters. The summed E-state index contributed by atoms with van der Waals surface area (Å²) < 4.78 is 50.0. The Morgan fingerprint density at radius 1 is 1.08 bits per heavy atom. The van der Waals surface area contributed by atoms with Gasteiger partial charge in [0.2, 0.25) is 0 Å². The first-order valence-electron chi connectivity index (χ1n) is 10.8. The summed E-state index contributed by atoms with van der Waals surface area (Å²) in [5.74, 6) is 0. The summed E-state index contributed by atoms with van der Waals surface area (Å²) in [7, 11) is 0. The number of nitrogens with zero attached hydrogens (tertiary/aromatic N) is 1. The fourth-order valence-electron chi connectivity index (χ4n) is 3.57. The molecule has 1 fully saturated rings. The number of hydrogen-bond donors (Lipinski definition) is 7. The molecule has 2 aliphatic rings. The van der Waals surface area contributed by atoms with Crippen LogP contribution in [0.4, 0.5) is 35.0 Å². The second kappa shape index (κ2) is 10.7. The lowest BCUT2D eigenvalue weighted by atomic mass is 10.1. The topological polar surface area (TPSA) is 148 Å². The van der Waals surface area contributed by atoms with Gasteiger partial charge in [0.1, 0.15) is 18.3 Å². The minimum absolute atomic E-state index is 0.00466. The first-order chi connectivity index (χ1) is 17.2. The number of ether oxygens (including phenoxy) is 2. The van der Waals surface area contributed by atoms with E-state index in [9.17, 15) is 28.2 Å². The molecule has 11 nitrogen and oxygen atoms in total. The smallest absolute Gasteiger partial charge is 0.394 e. The maximum Gasteiger partial charge on any atom is 0.418 e. The zero-order chi connectivity index (χ0) is 25.9. The molecule has 36 heavy (non-hydrogen) atoms. The van der Waals surface area contributed by atoms with E-state index in [-0.39, 0.29) is 12.3 Å². The van der Waals surface area contributed by atoms with Gasteiger partial charge in [0.15, 0.2) is 6.29 Å². The van der Waals surface area contributed by atoms with Gasteiger partial charge in [0, 0.05) is 11.9 Å². The summed E-state index contributed by atoms with van der Waals surface area (Å²) in [5.41, 5.74) is 5.99. The standard InChI is InChI=1S/C22H24F3N5O6/c23-22(24,25)15-3-1-2-4-16(15)27-21(34)26-12-5-7-14(8-6-12)30-9-13(28-29-30)11-35-20-19(33)18(32)17(10-31)36-20/h1-9,17-20,28-29,31-33H,10-11H2,(H2,26,27,34). The van der Waals surface area contributed by atoms with Crippen molar-refractivity contribution in [3.63, 3.8) is 0 Å². The van der Waals surface area contributed by atoms with Gasteiger partial charge in [-0.3, -0.25) is 5.01 Å². The van der Waals surface area contributed by atoms with Crippen molar-refractivity contribution >= 4 is 23.1 Å². The molecule has 0 aliphatic carbocycles. The van der Waals surface area contributed by atoms with E-state index in [1.165, 1.54) is 12.1 Å². The quantitative estimate of drug-likeness (QED) is 0.294. The van der Waals surface area contributed by atoms with Crippen LogP contribution in [0.1, 0.15) is 5.56 Å². The Bertz CT molecular complexity index is 1100. The number of hydrazine groups is 2. The molecule has 194 valence electrons. The molecule has 0 saturated carbocycles. The molecule has 0 aromatic heterocycles. The second-order valence-corrected chi connectivity index (χ2v) is 7.95.